The van der Waals surface area contributed by atoms with Crippen molar-refractivity contribution in [1.29, 1.82) is 0 Å². The minimum Gasteiger partial charge on any atom is -0.351 e. The lowest BCUT2D eigenvalue weighted by Gasteiger charge is -2.20. The van der Waals surface area contributed by atoms with Gasteiger partial charge in [-0.25, -0.2) is 4.79 Å². The molecule has 0 heterocycles. The number of carbonyl (C=O) groups is 1. The van der Waals surface area contributed by atoms with Crippen molar-refractivity contribution in [3.05, 3.63) is 60.7 Å². The lowest BCUT2D eigenvalue weighted by molar-refractivity contribution is 0.256. The van der Waals surface area contributed by atoms with Crippen molar-refractivity contribution < 1.29 is 4.79 Å². The van der Waals surface area contributed by atoms with Crippen LogP contribution in [0.15, 0.2) is 60.7 Å². The summed E-state index contributed by atoms with van der Waals surface area (Å²) in [6, 6.07) is 18.2. The van der Waals surface area contributed by atoms with Crippen LogP contribution >= 0.6 is 13.5 Å². The first-order valence-electron chi connectivity index (χ1n) is 4.98. The van der Waals surface area contributed by atoms with Crippen LogP contribution in [0.3, 0.4) is 0 Å². The molecule has 2 N–H and O–H groups in total. The van der Waals surface area contributed by atoms with Crippen LogP contribution < -0.4 is 10.6 Å². The quantitative estimate of drug-likeness (QED) is 0.869. The van der Waals surface area contributed by atoms with Gasteiger partial charge in [-0.2, -0.15) is 13.5 Å². The van der Waals surface area contributed by atoms with Gasteiger partial charge in [0.15, 0.2) is 0 Å². The van der Waals surface area contributed by atoms with E-state index in [0.717, 1.165) is 11.4 Å². The van der Waals surface area contributed by atoms with E-state index >= 15 is 0 Å². The van der Waals surface area contributed by atoms with Crippen molar-refractivity contribution in [2.24, 2.45) is 5.73 Å². The van der Waals surface area contributed by atoms with Gasteiger partial charge in [0.1, 0.15) is 0 Å². The number of amides is 2. The Morgan fingerprint density at radius 2 is 1.18 bits per heavy atom. The van der Waals surface area contributed by atoms with E-state index in [1.54, 1.807) is 0 Å². The maximum atomic E-state index is 11.4. The summed E-state index contributed by atoms with van der Waals surface area (Å²) in [5.41, 5.74) is 6.92. The maximum absolute atomic E-state index is 11.4. The van der Waals surface area contributed by atoms with E-state index in [-0.39, 0.29) is 13.5 Å². The molecule has 0 aliphatic rings. The third kappa shape index (κ3) is 3.01. The van der Waals surface area contributed by atoms with E-state index in [1.165, 1.54) is 4.90 Å². The smallest absolute Gasteiger partial charge is 0.323 e. The van der Waals surface area contributed by atoms with Crippen LogP contribution in [-0.4, -0.2) is 6.03 Å². The molecular weight excluding hydrogens is 232 g/mol. The van der Waals surface area contributed by atoms with Gasteiger partial charge in [-0.3, -0.25) is 4.90 Å². The largest absolute Gasteiger partial charge is 0.351 e. The number of nitrogens with two attached hydrogens (primary N) is 1. The highest BCUT2D eigenvalue weighted by molar-refractivity contribution is 7.59. The van der Waals surface area contributed by atoms with Gasteiger partial charge in [-0.1, -0.05) is 36.4 Å². The third-order valence-electron chi connectivity index (χ3n) is 2.25. The van der Waals surface area contributed by atoms with E-state index in [9.17, 15) is 4.79 Å². The Morgan fingerprint density at radius 3 is 1.47 bits per heavy atom. The first kappa shape index (κ1) is 13.1. The summed E-state index contributed by atoms with van der Waals surface area (Å²) in [5, 5.41) is 0. The predicted octanol–water partition coefficient (Wildman–Crippen LogP) is 3.02. The molecule has 0 aromatic heterocycles. The number of benzene rings is 2. The second kappa shape index (κ2) is 5.96. The Hall–Kier alpha value is -1.94. The summed E-state index contributed by atoms with van der Waals surface area (Å²) in [6.07, 6.45) is 0. The number of primary amides is 1. The van der Waals surface area contributed by atoms with Crippen molar-refractivity contribution in [3.8, 4) is 0 Å². The van der Waals surface area contributed by atoms with Crippen LogP contribution in [0.25, 0.3) is 0 Å². The average Bonchev–Trinajstić information content (AvgIpc) is 2.31. The summed E-state index contributed by atoms with van der Waals surface area (Å²) in [5.74, 6) is 0. The number of para-hydroxylation sites is 2. The lowest BCUT2D eigenvalue weighted by atomic mass is 10.2. The van der Waals surface area contributed by atoms with Gasteiger partial charge in [0.05, 0.1) is 11.4 Å². The molecule has 2 rings (SSSR count). The topological polar surface area (TPSA) is 46.3 Å². The van der Waals surface area contributed by atoms with E-state index < -0.39 is 6.03 Å². The molecular formula is C13H14N2OS. The zero-order valence-electron chi connectivity index (χ0n) is 9.21. The molecule has 0 unspecified atom stereocenters. The van der Waals surface area contributed by atoms with Crippen LogP contribution in [0, 0.1) is 0 Å². The molecule has 0 aliphatic carbocycles. The molecule has 0 saturated heterocycles. The normalized spacial score (nSPS) is 9.18. The second-order valence-electron chi connectivity index (χ2n) is 3.34. The molecule has 0 aliphatic heterocycles. The van der Waals surface area contributed by atoms with Crippen molar-refractivity contribution in [1.82, 2.24) is 0 Å². The Balaban J connectivity index is 0.00000144. The molecule has 0 spiro atoms. The number of rotatable bonds is 2. The monoisotopic (exact) mass is 246 g/mol. The fraction of sp³-hybridized carbons (Fsp3) is 0. The highest BCUT2D eigenvalue weighted by Gasteiger charge is 2.13. The van der Waals surface area contributed by atoms with Crippen molar-refractivity contribution in [2.45, 2.75) is 0 Å². The molecule has 88 valence electrons. The summed E-state index contributed by atoms with van der Waals surface area (Å²) in [4.78, 5) is 12.9. The molecule has 0 fully saturated rings. The van der Waals surface area contributed by atoms with Crippen molar-refractivity contribution in [3.63, 3.8) is 0 Å². The summed E-state index contributed by atoms with van der Waals surface area (Å²) in [7, 11) is 0. The number of urea groups is 1. The molecule has 0 bridgehead atoms. The van der Waals surface area contributed by atoms with Gasteiger partial charge in [0.25, 0.3) is 0 Å². The van der Waals surface area contributed by atoms with E-state index in [1.807, 2.05) is 60.7 Å². The highest BCUT2D eigenvalue weighted by Crippen LogP contribution is 2.23. The molecule has 2 amide bonds. The summed E-state index contributed by atoms with van der Waals surface area (Å²) >= 11 is 0. The van der Waals surface area contributed by atoms with Gasteiger partial charge in [-0.05, 0) is 24.3 Å². The Labute approximate surface area is 107 Å². The van der Waals surface area contributed by atoms with Gasteiger partial charge in [-0.15, -0.1) is 0 Å². The Bertz CT molecular complexity index is 434. The first-order chi connectivity index (χ1) is 7.79. The lowest BCUT2D eigenvalue weighted by Crippen LogP contribution is -2.31. The highest BCUT2D eigenvalue weighted by atomic mass is 32.1. The number of carbonyl (C=O) groups excluding carboxylic acids is 1. The number of anilines is 2. The van der Waals surface area contributed by atoms with Crippen LogP contribution in [0.1, 0.15) is 0 Å². The SMILES string of the molecule is NC(=O)N(c1ccccc1)c1ccccc1.S. The van der Waals surface area contributed by atoms with Crippen LogP contribution in [0.4, 0.5) is 16.2 Å². The van der Waals surface area contributed by atoms with Gasteiger partial charge in [0.2, 0.25) is 0 Å². The molecule has 2 aromatic rings. The first-order valence-corrected chi connectivity index (χ1v) is 4.98. The van der Waals surface area contributed by atoms with Crippen LogP contribution in [-0.2, 0) is 0 Å². The fourth-order valence-corrected chi connectivity index (χ4v) is 1.56. The number of hydrogen-bond acceptors (Lipinski definition) is 1. The van der Waals surface area contributed by atoms with Gasteiger partial charge in [0, 0.05) is 0 Å². The maximum Gasteiger partial charge on any atom is 0.323 e. The number of hydrogen-bond donors (Lipinski definition) is 1. The molecule has 4 heteroatoms. The van der Waals surface area contributed by atoms with Crippen molar-refractivity contribution in [2.75, 3.05) is 4.90 Å². The van der Waals surface area contributed by atoms with Crippen molar-refractivity contribution >= 4 is 30.9 Å². The zero-order valence-corrected chi connectivity index (χ0v) is 10.2. The second-order valence-corrected chi connectivity index (χ2v) is 3.34. The minimum atomic E-state index is -0.489. The molecule has 0 atom stereocenters. The third-order valence-corrected chi connectivity index (χ3v) is 2.25. The molecule has 2 aromatic carbocycles. The molecule has 0 saturated carbocycles. The standard InChI is InChI=1S/C13H12N2O.H2S/c14-13(16)15(11-7-3-1-4-8-11)12-9-5-2-6-10-12;/h1-10H,(H2,14,16);1H2. The zero-order chi connectivity index (χ0) is 11.4. The van der Waals surface area contributed by atoms with E-state index in [0.29, 0.717) is 0 Å². The summed E-state index contributed by atoms with van der Waals surface area (Å²) in [6.45, 7) is 0. The summed E-state index contributed by atoms with van der Waals surface area (Å²) < 4.78 is 0. The number of nitrogens with zero attached hydrogens (tertiary/aromatic N) is 1. The van der Waals surface area contributed by atoms with Crippen LogP contribution in [0.2, 0.25) is 0 Å². The van der Waals surface area contributed by atoms with E-state index in [4.69, 9.17) is 5.73 Å². The molecule has 0 radical (unpaired) electrons. The van der Waals surface area contributed by atoms with E-state index in [2.05, 4.69) is 0 Å². The predicted molar refractivity (Wildman–Crippen MR) is 75.0 cm³/mol. The Kier molecular flexibility index (Phi) is 4.60. The van der Waals surface area contributed by atoms with Gasteiger partial charge < -0.3 is 5.73 Å². The average molecular weight is 246 g/mol. The minimum absolute atomic E-state index is 0. The Morgan fingerprint density at radius 1 is 0.824 bits per heavy atom. The van der Waals surface area contributed by atoms with Crippen LogP contribution in [0.5, 0.6) is 0 Å². The fourth-order valence-electron chi connectivity index (χ4n) is 1.56. The van der Waals surface area contributed by atoms with Gasteiger partial charge >= 0.3 is 6.03 Å². The molecule has 17 heavy (non-hydrogen) atoms. The molecule has 3 nitrogen and oxygen atoms in total.